The van der Waals surface area contributed by atoms with Crippen molar-refractivity contribution >= 4 is 35.0 Å². The molecule has 1 amide bonds. The highest BCUT2D eigenvalue weighted by molar-refractivity contribution is 7.99. The van der Waals surface area contributed by atoms with Gasteiger partial charge in [0.15, 0.2) is 0 Å². The quantitative estimate of drug-likeness (QED) is 0.882. The molecule has 0 aromatic heterocycles. The molecule has 8 heteroatoms. The number of halogens is 4. The third-order valence-electron chi connectivity index (χ3n) is 2.53. The minimum Gasteiger partial charge on any atom is -0.325 e. The lowest BCUT2D eigenvalue weighted by Gasteiger charge is -2.13. The highest BCUT2D eigenvalue weighted by atomic mass is 35.5. The second-order valence-corrected chi connectivity index (χ2v) is 5.45. The molecule has 1 atom stereocenters. The summed E-state index contributed by atoms with van der Waals surface area (Å²) in [5.74, 6) is 0.889. The predicted molar refractivity (Wildman–Crippen MR) is 69.3 cm³/mol. The molecule has 3 nitrogen and oxygen atoms in total. The first kappa shape index (κ1) is 14.5. The van der Waals surface area contributed by atoms with Gasteiger partial charge in [-0.2, -0.15) is 13.2 Å². The van der Waals surface area contributed by atoms with E-state index >= 15 is 0 Å². The molecular formula is C11H10ClF3N2OS. The molecule has 1 saturated heterocycles. The Hall–Kier alpha value is -0.920. The predicted octanol–water partition coefficient (Wildman–Crippen LogP) is 2.96. The van der Waals surface area contributed by atoms with Crippen LogP contribution in [0.2, 0.25) is 5.02 Å². The van der Waals surface area contributed by atoms with Crippen LogP contribution >= 0.6 is 23.4 Å². The van der Waals surface area contributed by atoms with E-state index in [1.54, 1.807) is 11.8 Å². The molecular weight excluding hydrogens is 301 g/mol. The van der Waals surface area contributed by atoms with Crippen molar-refractivity contribution in [1.82, 2.24) is 5.32 Å². The van der Waals surface area contributed by atoms with E-state index in [4.69, 9.17) is 11.6 Å². The zero-order valence-electron chi connectivity index (χ0n) is 9.55. The highest BCUT2D eigenvalue weighted by Gasteiger charge is 2.31. The molecule has 2 rings (SSSR count). The lowest BCUT2D eigenvalue weighted by atomic mass is 10.2. The highest BCUT2D eigenvalue weighted by Crippen LogP contribution is 2.33. The van der Waals surface area contributed by atoms with E-state index in [2.05, 4.69) is 10.6 Å². The van der Waals surface area contributed by atoms with Gasteiger partial charge in [0, 0.05) is 22.3 Å². The Labute approximate surface area is 116 Å². The summed E-state index contributed by atoms with van der Waals surface area (Å²) in [5, 5.41) is 5.30. The summed E-state index contributed by atoms with van der Waals surface area (Å²) in [6.07, 6.45) is -4.49. The summed E-state index contributed by atoms with van der Waals surface area (Å²) in [5.41, 5.74) is -0.840. The van der Waals surface area contributed by atoms with Crippen LogP contribution in [-0.2, 0) is 11.0 Å². The van der Waals surface area contributed by atoms with Crippen LogP contribution in [-0.4, -0.2) is 23.6 Å². The number of benzene rings is 1. The molecule has 1 aliphatic rings. The van der Waals surface area contributed by atoms with Gasteiger partial charge in [0.05, 0.1) is 11.6 Å². The van der Waals surface area contributed by atoms with Crippen LogP contribution in [0.1, 0.15) is 5.56 Å². The largest absolute Gasteiger partial charge is 0.416 e. The maximum Gasteiger partial charge on any atom is 0.416 e. The summed E-state index contributed by atoms with van der Waals surface area (Å²) in [4.78, 5) is 11.8. The first-order valence-electron chi connectivity index (χ1n) is 5.36. The van der Waals surface area contributed by atoms with Gasteiger partial charge in [-0.3, -0.25) is 10.1 Å². The van der Waals surface area contributed by atoms with Gasteiger partial charge in [-0.25, -0.2) is 0 Å². The van der Waals surface area contributed by atoms with Crippen molar-refractivity contribution in [3.63, 3.8) is 0 Å². The lowest BCUT2D eigenvalue weighted by molar-refractivity contribution is -0.137. The van der Waals surface area contributed by atoms with Gasteiger partial charge in [0.1, 0.15) is 0 Å². The maximum atomic E-state index is 12.6. The molecule has 0 spiro atoms. The van der Waals surface area contributed by atoms with Crippen molar-refractivity contribution in [2.45, 2.75) is 12.2 Å². The van der Waals surface area contributed by atoms with Crippen LogP contribution in [0.15, 0.2) is 18.2 Å². The fraction of sp³-hybridized carbons (Fsp3) is 0.364. The lowest BCUT2D eigenvalue weighted by Crippen LogP contribution is -2.37. The first-order valence-corrected chi connectivity index (χ1v) is 6.89. The topological polar surface area (TPSA) is 41.1 Å². The van der Waals surface area contributed by atoms with E-state index in [1.807, 2.05) is 0 Å². The molecule has 104 valence electrons. The van der Waals surface area contributed by atoms with Gasteiger partial charge in [-0.1, -0.05) is 11.6 Å². The van der Waals surface area contributed by atoms with Crippen molar-refractivity contribution < 1.29 is 18.0 Å². The van der Waals surface area contributed by atoms with Crippen LogP contribution < -0.4 is 10.6 Å². The number of hydrogen-bond acceptors (Lipinski definition) is 3. The molecule has 19 heavy (non-hydrogen) atoms. The molecule has 1 aromatic rings. The van der Waals surface area contributed by atoms with Crippen LogP contribution in [0.5, 0.6) is 0 Å². The number of carbonyl (C=O) groups excluding carboxylic acids is 1. The zero-order chi connectivity index (χ0) is 14.0. The number of carbonyl (C=O) groups is 1. The molecule has 0 bridgehead atoms. The number of thioether (sulfide) groups is 1. The van der Waals surface area contributed by atoms with Crippen molar-refractivity contribution in [3.05, 3.63) is 28.8 Å². The third kappa shape index (κ3) is 3.77. The van der Waals surface area contributed by atoms with Crippen LogP contribution in [0.4, 0.5) is 18.9 Å². The Kier molecular flexibility index (Phi) is 4.27. The second-order valence-electron chi connectivity index (χ2n) is 3.99. The average Bonchev–Trinajstić information content (AvgIpc) is 2.80. The van der Waals surface area contributed by atoms with Gasteiger partial charge >= 0.3 is 6.18 Å². The van der Waals surface area contributed by atoms with E-state index in [9.17, 15) is 18.0 Å². The molecule has 1 aromatic carbocycles. The second kappa shape index (κ2) is 5.60. The Morgan fingerprint density at radius 1 is 1.42 bits per heavy atom. The number of amides is 1. The normalized spacial score (nSPS) is 19.5. The Bertz CT molecular complexity index is 489. The minimum absolute atomic E-state index is 0.0449. The maximum absolute atomic E-state index is 12.6. The van der Waals surface area contributed by atoms with Gasteiger partial charge < -0.3 is 5.32 Å². The van der Waals surface area contributed by atoms with Crippen molar-refractivity contribution in [1.29, 1.82) is 0 Å². The smallest absolute Gasteiger partial charge is 0.325 e. The van der Waals surface area contributed by atoms with Gasteiger partial charge in [0.2, 0.25) is 5.91 Å². The molecule has 0 saturated carbocycles. The third-order valence-corrected chi connectivity index (χ3v) is 3.68. The summed E-state index contributed by atoms with van der Waals surface area (Å²) in [6, 6.07) is 2.59. The molecule has 1 fully saturated rings. The molecule has 2 N–H and O–H groups in total. The molecule has 1 unspecified atom stereocenters. The van der Waals surface area contributed by atoms with Crippen molar-refractivity contribution in [2.75, 3.05) is 16.9 Å². The molecule has 1 heterocycles. The zero-order valence-corrected chi connectivity index (χ0v) is 11.1. The van der Waals surface area contributed by atoms with Gasteiger partial charge in [-0.05, 0) is 18.2 Å². The molecule has 0 radical (unpaired) electrons. The number of hydrogen-bond donors (Lipinski definition) is 2. The Morgan fingerprint density at radius 3 is 2.74 bits per heavy atom. The Morgan fingerprint density at radius 2 is 2.16 bits per heavy atom. The van der Waals surface area contributed by atoms with E-state index in [-0.39, 0.29) is 16.6 Å². The van der Waals surface area contributed by atoms with Gasteiger partial charge in [-0.15, -0.1) is 11.8 Å². The summed E-state index contributed by atoms with van der Waals surface area (Å²) >= 11 is 7.18. The molecule has 0 aliphatic carbocycles. The number of nitrogens with one attached hydrogen (secondary N) is 2. The van der Waals surface area contributed by atoms with E-state index in [0.29, 0.717) is 11.6 Å². The number of alkyl halides is 3. The fourth-order valence-corrected chi connectivity index (χ4v) is 2.80. The van der Waals surface area contributed by atoms with Crippen molar-refractivity contribution in [2.24, 2.45) is 0 Å². The average molecular weight is 311 g/mol. The SMILES string of the molecule is O=C(Nc1cc(Cl)cc(C(F)(F)F)c1)C1CSCN1. The fourth-order valence-electron chi connectivity index (χ4n) is 1.62. The van der Waals surface area contributed by atoms with Crippen LogP contribution in [0.3, 0.4) is 0 Å². The number of anilines is 1. The summed E-state index contributed by atoms with van der Waals surface area (Å²) < 4.78 is 37.8. The first-order chi connectivity index (χ1) is 8.86. The Balaban J connectivity index is 2.16. The minimum atomic E-state index is -4.49. The van der Waals surface area contributed by atoms with Crippen LogP contribution in [0, 0.1) is 0 Å². The summed E-state index contributed by atoms with van der Waals surface area (Å²) in [7, 11) is 0. The van der Waals surface area contributed by atoms with Gasteiger partial charge in [0.25, 0.3) is 0 Å². The van der Waals surface area contributed by atoms with E-state index in [1.165, 1.54) is 6.07 Å². The van der Waals surface area contributed by atoms with Crippen LogP contribution in [0.25, 0.3) is 0 Å². The standard InChI is InChI=1S/C11H10ClF3N2OS/c12-7-1-6(11(13,14)15)2-8(3-7)17-10(18)9-4-19-5-16-9/h1-3,9,16H,4-5H2,(H,17,18). The van der Waals surface area contributed by atoms with Crippen molar-refractivity contribution in [3.8, 4) is 0 Å². The number of rotatable bonds is 2. The monoisotopic (exact) mass is 310 g/mol. The van der Waals surface area contributed by atoms with E-state index in [0.717, 1.165) is 12.1 Å². The summed E-state index contributed by atoms with van der Waals surface area (Å²) in [6.45, 7) is 0. The van der Waals surface area contributed by atoms with E-state index < -0.39 is 17.8 Å². The molecule has 1 aliphatic heterocycles.